The van der Waals surface area contributed by atoms with Crippen LogP contribution in [0.4, 0.5) is 5.69 Å². The third kappa shape index (κ3) is 3.07. The molecule has 1 atom stereocenters. The number of hydrogen-bond donors (Lipinski definition) is 1. The van der Waals surface area contributed by atoms with E-state index in [1.165, 1.54) is 4.31 Å². The minimum Gasteiger partial charge on any atom is -0.333 e. The molecule has 2 aliphatic heterocycles. The first-order valence-electron chi connectivity index (χ1n) is 8.03. The van der Waals surface area contributed by atoms with Crippen LogP contribution in [-0.2, 0) is 10.0 Å². The maximum atomic E-state index is 12.8. The molecule has 1 aromatic carbocycles. The molecule has 1 aromatic rings. The Morgan fingerprint density at radius 2 is 2.09 bits per heavy atom. The van der Waals surface area contributed by atoms with Crippen molar-refractivity contribution < 1.29 is 13.2 Å². The van der Waals surface area contributed by atoms with E-state index >= 15 is 0 Å². The van der Waals surface area contributed by atoms with Gasteiger partial charge in [-0.2, -0.15) is 0 Å². The van der Waals surface area contributed by atoms with Gasteiger partial charge in [-0.3, -0.25) is 9.10 Å². The van der Waals surface area contributed by atoms with Gasteiger partial charge in [0.05, 0.1) is 11.4 Å². The Bertz CT molecular complexity index is 717. The van der Waals surface area contributed by atoms with Crippen LogP contribution in [0.25, 0.3) is 0 Å². The maximum absolute atomic E-state index is 12.8. The molecule has 7 heteroatoms. The van der Waals surface area contributed by atoms with Gasteiger partial charge in [0.2, 0.25) is 10.0 Å². The largest absolute Gasteiger partial charge is 0.333 e. The van der Waals surface area contributed by atoms with Crippen LogP contribution in [0.15, 0.2) is 18.2 Å². The van der Waals surface area contributed by atoms with Gasteiger partial charge in [0.25, 0.3) is 5.91 Å². The zero-order valence-corrected chi connectivity index (χ0v) is 14.4. The summed E-state index contributed by atoms with van der Waals surface area (Å²) in [5, 5.41) is 3.27. The van der Waals surface area contributed by atoms with Crippen molar-refractivity contribution in [2.24, 2.45) is 0 Å². The van der Waals surface area contributed by atoms with E-state index in [0.717, 1.165) is 18.7 Å². The van der Waals surface area contributed by atoms with Crippen LogP contribution in [0, 0.1) is 6.92 Å². The Hall–Kier alpha value is -1.60. The standard InChI is InChI=1S/C16H23N3O3S/c1-12-10-14(19-7-3-9-23(19,21)22)4-5-15(12)16(20)18-8-6-17-11-13(18)2/h4-5,10,13,17H,3,6-9,11H2,1-2H3/t13-/m1/s1. The summed E-state index contributed by atoms with van der Waals surface area (Å²) in [7, 11) is -3.19. The van der Waals surface area contributed by atoms with E-state index in [1.54, 1.807) is 12.1 Å². The molecule has 0 saturated carbocycles. The van der Waals surface area contributed by atoms with Gasteiger partial charge in [0.15, 0.2) is 0 Å². The zero-order valence-electron chi connectivity index (χ0n) is 13.6. The normalized spacial score (nSPS) is 24.0. The number of aryl methyl sites for hydroxylation is 1. The number of amides is 1. The van der Waals surface area contributed by atoms with E-state index in [-0.39, 0.29) is 17.7 Å². The smallest absolute Gasteiger partial charge is 0.254 e. The first-order chi connectivity index (χ1) is 10.9. The molecule has 0 unspecified atom stereocenters. The highest BCUT2D eigenvalue weighted by Crippen LogP contribution is 2.27. The van der Waals surface area contributed by atoms with Crippen molar-refractivity contribution in [3.8, 4) is 0 Å². The van der Waals surface area contributed by atoms with Gasteiger partial charge in [-0.15, -0.1) is 0 Å². The molecule has 2 aliphatic rings. The number of nitrogens with one attached hydrogen (secondary N) is 1. The number of rotatable bonds is 2. The minimum absolute atomic E-state index is 0.0207. The molecular weight excluding hydrogens is 314 g/mol. The van der Waals surface area contributed by atoms with Gasteiger partial charge in [0, 0.05) is 37.8 Å². The van der Waals surface area contributed by atoms with E-state index in [1.807, 2.05) is 24.8 Å². The molecular formula is C16H23N3O3S. The third-order valence-corrected chi connectivity index (χ3v) is 6.46. The van der Waals surface area contributed by atoms with Crippen LogP contribution in [0.1, 0.15) is 29.3 Å². The second-order valence-corrected chi connectivity index (χ2v) is 8.31. The van der Waals surface area contributed by atoms with E-state index in [9.17, 15) is 13.2 Å². The van der Waals surface area contributed by atoms with Crippen LogP contribution in [0.5, 0.6) is 0 Å². The number of benzene rings is 1. The lowest BCUT2D eigenvalue weighted by molar-refractivity contribution is 0.0655. The summed E-state index contributed by atoms with van der Waals surface area (Å²) in [6.07, 6.45) is 0.653. The Kier molecular flexibility index (Phi) is 4.33. The lowest BCUT2D eigenvalue weighted by Crippen LogP contribution is -2.52. The van der Waals surface area contributed by atoms with Gasteiger partial charge >= 0.3 is 0 Å². The van der Waals surface area contributed by atoms with Crippen LogP contribution in [0.2, 0.25) is 0 Å². The Morgan fingerprint density at radius 3 is 2.70 bits per heavy atom. The molecule has 0 spiro atoms. The van der Waals surface area contributed by atoms with E-state index in [0.29, 0.717) is 30.8 Å². The number of hydrogen-bond acceptors (Lipinski definition) is 4. The molecule has 126 valence electrons. The molecule has 0 radical (unpaired) electrons. The predicted octanol–water partition coefficient (Wildman–Crippen LogP) is 0.969. The van der Waals surface area contributed by atoms with Crippen LogP contribution in [-0.4, -0.2) is 57.2 Å². The molecule has 23 heavy (non-hydrogen) atoms. The number of anilines is 1. The van der Waals surface area contributed by atoms with Gasteiger partial charge in [-0.25, -0.2) is 8.42 Å². The molecule has 2 saturated heterocycles. The maximum Gasteiger partial charge on any atom is 0.254 e. The number of piperazine rings is 1. The Balaban J connectivity index is 1.86. The van der Waals surface area contributed by atoms with E-state index in [2.05, 4.69) is 5.32 Å². The minimum atomic E-state index is -3.19. The number of sulfonamides is 1. The van der Waals surface area contributed by atoms with Gasteiger partial charge in [-0.1, -0.05) is 0 Å². The molecule has 0 aliphatic carbocycles. The first-order valence-corrected chi connectivity index (χ1v) is 9.64. The second-order valence-electron chi connectivity index (χ2n) is 6.29. The van der Waals surface area contributed by atoms with Crippen molar-refractivity contribution in [1.82, 2.24) is 10.2 Å². The average molecular weight is 337 g/mol. The Morgan fingerprint density at radius 1 is 1.30 bits per heavy atom. The number of carbonyl (C=O) groups is 1. The molecule has 2 heterocycles. The topological polar surface area (TPSA) is 69.7 Å². The summed E-state index contributed by atoms with van der Waals surface area (Å²) >= 11 is 0. The quantitative estimate of drug-likeness (QED) is 0.873. The fourth-order valence-electron chi connectivity index (χ4n) is 3.27. The summed E-state index contributed by atoms with van der Waals surface area (Å²) in [4.78, 5) is 14.6. The lowest BCUT2D eigenvalue weighted by Gasteiger charge is -2.34. The fourth-order valence-corrected chi connectivity index (χ4v) is 4.83. The van der Waals surface area contributed by atoms with Gasteiger partial charge < -0.3 is 10.2 Å². The van der Waals surface area contributed by atoms with Crippen molar-refractivity contribution in [2.45, 2.75) is 26.3 Å². The lowest BCUT2D eigenvalue weighted by atomic mass is 10.0. The van der Waals surface area contributed by atoms with Gasteiger partial charge in [0.1, 0.15) is 0 Å². The third-order valence-electron chi connectivity index (χ3n) is 4.59. The van der Waals surface area contributed by atoms with E-state index in [4.69, 9.17) is 0 Å². The summed E-state index contributed by atoms with van der Waals surface area (Å²) in [5.41, 5.74) is 2.13. The van der Waals surface area contributed by atoms with Crippen LogP contribution >= 0.6 is 0 Å². The zero-order chi connectivity index (χ0) is 16.6. The SMILES string of the molecule is Cc1cc(N2CCCS2(=O)=O)ccc1C(=O)N1CCNC[C@H]1C. The van der Waals surface area contributed by atoms with Crippen molar-refractivity contribution in [3.05, 3.63) is 29.3 Å². The molecule has 1 N–H and O–H groups in total. The highest BCUT2D eigenvalue weighted by atomic mass is 32.2. The monoisotopic (exact) mass is 337 g/mol. The Labute approximate surface area is 137 Å². The molecule has 2 fully saturated rings. The van der Waals surface area contributed by atoms with E-state index < -0.39 is 10.0 Å². The van der Waals surface area contributed by atoms with Crippen molar-refractivity contribution in [1.29, 1.82) is 0 Å². The van der Waals surface area contributed by atoms with Gasteiger partial charge in [-0.05, 0) is 44.0 Å². The predicted molar refractivity (Wildman–Crippen MR) is 90.3 cm³/mol. The summed E-state index contributed by atoms with van der Waals surface area (Å²) in [5.74, 6) is 0.220. The average Bonchev–Trinajstić information content (AvgIpc) is 2.86. The van der Waals surface area contributed by atoms with Crippen LogP contribution < -0.4 is 9.62 Å². The van der Waals surface area contributed by atoms with Crippen molar-refractivity contribution in [3.63, 3.8) is 0 Å². The highest BCUT2D eigenvalue weighted by Gasteiger charge is 2.30. The molecule has 3 rings (SSSR count). The summed E-state index contributed by atoms with van der Waals surface area (Å²) < 4.78 is 25.5. The molecule has 0 aromatic heterocycles. The summed E-state index contributed by atoms with van der Waals surface area (Å²) in [6, 6.07) is 5.48. The second kappa shape index (κ2) is 6.13. The number of carbonyl (C=O) groups excluding carboxylic acids is 1. The molecule has 1 amide bonds. The van der Waals surface area contributed by atoms with Crippen molar-refractivity contribution in [2.75, 3.05) is 36.2 Å². The highest BCUT2D eigenvalue weighted by molar-refractivity contribution is 7.93. The molecule has 6 nitrogen and oxygen atoms in total. The summed E-state index contributed by atoms with van der Waals surface area (Å²) in [6.45, 7) is 6.72. The molecule has 0 bridgehead atoms. The number of nitrogens with zero attached hydrogens (tertiary/aromatic N) is 2. The first kappa shape index (κ1) is 16.3. The van der Waals surface area contributed by atoms with Crippen molar-refractivity contribution >= 4 is 21.6 Å². The fraction of sp³-hybridized carbons (Fsp3) is 0.562. The van der Waals surface area contributed by atoms with Crippen LogP contribution in [0.3, 0.4) is 0 Å².